The van der Waals surface area contributed by atoms with Gasteiger partial charge in [-0.2, -0.15) is 13.2 Å². The molecule has 8 heteroatoms. The summed E-state index contributed by atoms with van der Waals surface area (Å²) in [6.45, 7) is 0. The van der Waals surface area contributed by atoms with Crippen LogP contribution in [0.15, 0.2) is 36.8 Å². The Morgan fingerprint density at radius 1 is 1.10 bits per heavy atom. The number of fused-ring (bicyclic) bond motifs is 1. The first kappa shape index (κ1) is 12.9. The third-order valence-corrected chi connectivity index (χ3v) is 2.90. The van der Waals surface area contributed by atoms with Crippen LogP contribution in [0.25, 0.3) is 17.0 Å². The number of nitrogens with zero attached hydrogens (tertiary/aromatic N) is 4. The van der Waals surface area contributed by atoms with Crippen LogP contribution in [-0.2, 0) is 6.18 Å². The molecule has 0 N–H and O–H groups in total. The highest BCUT2D eigenvalue weighted by Gasteiger charge is 2.31. The van der Waals surface area contributed by atoms with Crippen LogP contribution >= 0.6 is 11.6 Å². The normalized spacial score (nSPS) is 12.0. The van der Waals surface area contributed by atoms with E-state index in [1.54, 1.807) is 6.07 Å². The maximum Gasteiger partial charge on any atom is 0.417 e. The van der Waals surface area contributed by atoms with Crippen LogP contribution < -0.4 is 0 Å². The van der Waals surface area contributed by atoms with Gasteiger partial charge in [0.05, 0.1) is 23.1 Å². The van der Waals surface area contributed by atoms with E-state index < -0.39 is 11.7 Å². The van der Waals surface area contributed by atoms with Gasteiger partial charge in [0.15, 0.2) is 0 Å². The van der Waals surface area contributed by atoms with E-state index in [1.165, 1.54) is 22.9 Å². The molecule has 0 aliphatic carbocycles. The highest BCUT2D eigenvalue weighted by Crippen LogP contribution is 2.30. The van der Waals surface area contributed by atoms with Crippen molar-refractivity contribution in [2.24, 2.45) is 0 Å². The molecule has 0 aliphatic rings. The van der Waals surface area contributed by atoms with Gasteiger partial charge in [-0.15, -0.1) is 0 Å². The third kappa shape index (κ3) is 2.20. The predicted molar refractivity (Wildman–Crippen MR) is 66.2 cm³/mol. The molecule has 0 unspecified atom stereocenters. The van der Waals surface area contributed by atoms with Gasteiger partial charge in [0.25, 0.3) is 0 Å². The number of hydrogen-bond acceptors (Lipinski definition) is 3. The van der Waals surface area contributed by atoms with Crippen molar-refractivity contribution in [3.05, 3.63) is 47.6 Å². The van der Waals surface area contributed by atoms with E-state index in [4.69, 9.17) is 11.6 Å². The lowest BCUT2D eigenvalue weighted by Crippen LogP contribution is -2.06. The number of pyridine rings is 1. The summed E-state index contributed by atoms with van der Waals surface area (Å²) < 4.78 is 39.5. The quantitative estimate of drug-likeness (QED) is 0.646. The van der Waals surface area contributed by atoms with Gasteiger partial charge >= 0.3 is 6.18 Å². The van der Waals surface area contributed by atoms with Crippen molar-refractivity contribution in [3.63, 3.8) is 0 Å². The Morgan fingerprint density at radius 2 is 1.90 bits per heavy atom. The topological polar surface area (TPSA) is 43.1 Å². The molecule has 0 fully saturated rings. The van der Waals surface area contributed by atoms with E-state index in [1.807, 2.05) is 0 Å². The second-order valence-corrected chi connectivity index (χ2v) is 4.34. The number of hydrogen-bond donors (Lipinski definition) is 0. The predicted octanol–water partition coefficient (Wildman–Crippen LogP) is 3.46. The van der Waals surface area contributed by atoms with Gasteiger partial charge in [-0.25, -0.2) is 15.0 Å². The highest BCUT2D eigenvalue weighted by molar-refractivity contribution is 6.28. The molecular weight excluding hydrogens is 293 g/mol. The molecule has 0 bridgehead atoms. The Morgan fingerprint density at radius 3 is 2.60 bits per heavy atom. The van der Waals surface area contributed by atoms with Crippen LogP contribution in [-0.4, -0.2) is 19.4 Å². The summed E-state index contributed by atoms with van der Waals surface area (Å²) in [6, 6.07) is 3.84. The summed E-state index contributed by atoms with van der Waals surface area (Å²) in [6.07, 6.45) is -0.571. The van der Waals surface area contributed by atoms with Gasteiger partial charge in [-0.05, 0) is 29.8 Å². The number of alkyl halides is 3. The Bertz CT molecular complexity index is 782. The Hall–Kier alpha value is -2.15. The Balaban J connectivity index is 2.22. The summed E-state index contributed by atoms with van der Waals surface area (Å²) in [5.74, 6) is 0. The molecule has 4 nitrogen and oxygen atoms in total. The molecule has 0 spiro atoms. The molecule has 3 aromatic rings. The smallest absolute Gasteiger partial charge is 0.298 e. The van der Waals surface area contributed by atoms with Crippen LogP contribution in [0.5, 0.6) is 0 Å². The molecule has 3 aromatic heterocycles. The SMILES string of the molecule is FC(F)(F)c1ccc2ncc(-c3ccnc(Cl)n3)n2c1. The minimum Gasteiger partial charge on any atom is -0.298 e. The monoisotopic (exact) mass is 298 g/mol. The molecule has 3 heterocycles. The van der Waals surface area contributed by atoms with E-state index in [0.29, 0.717) is 17.0 Å². The molecule has 0 radical (unpaired) electrons. The van der Waals surface area contributed by atoms with Crippen molar-refractivity contribution in [1.29, 1.82) is 0 Å². The van der Waals surface area contributed by atoms with Gasteiger partial charge in [-0.1, -0.05) is 0 Å². The van der Waals surface area contributed by atoms with E-state index in [0.717, 1.165) is 12.3 Å². The maximum atomic E-state index is 12.7. The lowest BCUT2D eigenvalue weighted by molar-refractivity contribution is -0.137. The minimum atomic E-state index is -4.42. The van der Waals surface area contributed by atoms with Crippen molar-refractivity contribution in [1.82, 2.24) is 19.4 Å². The zero-order valence-electron chi connectivity index (χ0n) is 9.76. The molecule has 0 aliphatic heterocycles. The largest absolute Gasteiger partial charge is 0.417 e. The molecule has 20 heavy (non-hydrogen) atoms. The van der Waals surface area contributed by atoms with Gasteiger partial charge in [0, 0.05) is 12.4 Å². The number of imidazole rings is 1. The van der Waals surface area contributed by atoms with Crippen molar-refractivity contribution in [2.75, 3.05) is 0 Å². The second-order valence-electron chi connectivity index (χ2n) is 4.00. The van der Waals surface area contributed by atoms with Gasteiger partial charge < -0.3 is 0 Å². The second kappa shape index (κ2) is 4.45. The van der Waals surface area contributed by atoms with Crippen molar-refractivity contribution in [2.45, 2.75) is 6.18 Å². The molecule has 0 aromatic carbocycles. The number of aromatic nitrogens is 4. The van der Waals surface area contributed by atoms with E-state index in [9.17, 15) is 13.2 Å². The first-order valence-corrected chi connectivity index (χ1v) is 5.86. The van der Waals surface area contributed by atoms with Crippen molar-refractivity contribution in [3.8, 4) is 11.4 Å². The average Bonchev–Trinajstić information content (AvgIpc) is 2.80. The fourth-order valence-electron chi connectivity index (χ4n) is 1.82. The zero-order chi connectivity index (χ0) is 14.3. The van der Waals surface area contributed by atoms with Crippen LogP contribution in [0.1, 0.15) is 5.56 Å². The van der Waals surface area contributed by atoms with E-state index >= 15 is 0 Å². The van der Waals surface area contributed by atoms with Crippen LogP contribution in [0.3, 0.4) is 0 Å². The lowest BCUT2D eigenvalue weighted by Gasteiger charge is -2.08. The zero-order valence-corrected chi connectivity index (χ0v) is 10.5. The minimum absolute atomic E-state index is 0.0180. The molecule has 0 amide bonds. The summed E-state index contributed by atoms with van der Waals surface area (Å²) in [5.41, 5.74) is 0.444. The number of rotatable bonds is 1. The lowest BCUT2D eigenvalue weighted by atomic mass is 10.2. The Labute approximate surface area is 115 Å². The first-order valence-electron chi connectivity index (χ1n) is 5.48. The fourth-order valence-corrected chi connectivity index (χ4v) is 1.96. The third-order valence-electron chi connectivity index (χ3n) is 2.72. The van der Waals surface area contributed by atoms with Gasteiger partial charge in [0.2, 0.25) is 5.28 Å². The van der Waals surface area contributed by atoms with Crippen LogP contribution in [0.2, 0.25) is 5.28 Å². The van der Waals surface area contributed by atoms with Gasteiger partial charge in [0.1, 0.15) is 5.65 Å². The van der Waals surface area contributed by atoms with Crippen molar-refractivity contribution >= 4 is 17.2 Å². The van der Waals surface area contributed by atoms with Crippen LogP contribution in [0.4, 0.5) is 13.2 Å². The maximum absolute atomic E-state index is 12.7. The standard InChI is InChI=1S/C12H6ClF3N4/c13-11-17-4-3-8(19-11)9-5-18-10-2-1-7(6-20(9)10)12(14,15)16/h1-6H. The molecule has 0 atom stereocenters. The molecule has 0 saturated carbocycles. The van der Waals surface area contributed by atoms with Crippen molar-refractivity contribution < 1.29 is 13.2 Å². The summed E-state index contributed by atoms with van der Waals surface area (Å²) in [5, 5.41) is 0.0180. The summed E-state index contributed by atoms with van der Waals surface area (Å²) in [4.78, 5) is 11.7. The Kier molecular flexibility index (Phi) is 2.86. The molecular formula is C12H6ClF3N4. The van der Waals surface area contributed by atoms with Crippen LogP contribution in [0, 0.1) is 0 Å². The van der Waals surface area contributed by atoms with Gasteiger partial charge in [-0.3, -0.25) is 4.40 Å². The average molecular weight is 299 g/mol. The molecule has 0 saturated heterocycles. The molecule has 102 valence electrons. The molecule has 3 rings (SSSR count). The fraction of sp³-hybridized carbons (Fsp3) is 0.0833. The van der Waals surface area contributed by atoms with E-state index in [-0.39, 0.29) is 5.28 Å². The summed E-state index contributed by atoms with van der Waals surface area (Å²) in [7, 11) is 0. The summed E-state index contributed by atoms with van der Waals surface area (Å²) >= 11 is 5.68. The van der Waals surface area contributed by atoms with E-state index in [2.05, 4.69) is 15.0 Å². The number of halogens is 4. The first-order chi connectivity index (χ1) is 9.45. The highest BCUT2D eigenvalue weighted by atomic mass is 35.5.